The smallest absolute Gasteiger partial charge is 0.462 e. The maximum atomic E-state index is 12.8. The molecule has 0 aliphatic carbocycles. The minimum Gasteiger partial charge on any atom is -0.462 e. The molecule has 0 bridgehead atoms. The molecule has 0 aliphatic heterocycles. The molecule has 464 valence electrons. The number of unbranched alkanes of at least 4 members (excludes halogenated alkanes) is 36. The standard InChI is InChI=1S/C70H126NO8P/c1-3-5-7-9-11-13-15-17-19-21-23-25-27-28-29-30-31-32-33-34-35-36-37-38-39-40-41-43-45-47-49-51-53-55-57-59-61-63-70(73)79-68(67-78-80(74,75)77-65-64-71)66-76-69(72)62-60-58-56-54-52-50-48-46-44-42-26-24-22-20-18-16-14-12-10-8-6-4-2/h5,7,11,13,17,19,23,25,28-29,31-32,34-35,68H,3-4,6,8-10,12,14-16,18,20-22,24,26-27,30,33,36-67,71H2,1-2H3,(H,74,75)/b7-5-,13-11-,19-17-,25-23-,29-28-,32-31-,35-34-. The Balaban J connectivity index is 3.87. The van der Waals surface area contributed by atoms with Crippen molar-refractivity contribution in [3.63, 3.8) is 0 Å². The van der Waals surface area contributed by atoms with Crippen molar-refractivity contribution in [1.29, 1.82) is 0 Å². The van der Waals surface area contributed by atoms with Gasteiger partial charge in [0.2, 0.25) is 0 Å². The van der Waals surface area contributed by atoms with Gasteiger partial charge in [-0.3, -0.25) is 18.6 Å². The van der Waals surface area contributed by atoms with Gasteiger partial charge in [-0.15, -0.1) is 0 Å². The van der Waals surface area contributed by atoms with Gasteiger partial charge in [-0.2, -0.15) is 0 Å². The third kappa shape index (κ3) is 64.4. The Bertz CT molecular complexity index is 1590. The molecule has 0 fully saturated rings. The molecule has 0 saturated heterocycles. The molecule has 0 aromatic heterocycles. The predicted molar refractivity (Wildman–Crippen MR) is 344 cm³/mol. The van der Waals surface area contributed by atoms with Gasteiger partial charge in [0.15, 0.2) is 6.10 Å². The SMILES string of the molecule is CC/C=C\C/C=C\C/C=C\C/C=C\C/C=C\C/C=C\C/C=C\CCCCCCCCCCCCCCCCCC(=O)OC(COC(=O)CCCCCCCCCCCCCCCCCCCCCCCC)COP(=O)(O)OCCN. The highest BCUT2D eigenvalue weighted by Crippen LogP contribution is 2.43. The van der Waals surface area contributed by atoms with Crippen molar-refractivity contribution < 1.29 is 37.6 Å². The molecule has 0 aromatic carbocycles. The summed E-state index contributed by atoms with van der Waals surface area (Å²) in [6, 6.07) is 0. The van der Waals surface area contributed by atoms with Gasteiger partial charge in [-0.25, -0.2) is 4.57 Å². The minimum absolute atomic E-state index is 0.0531. The lowest BCUT2D eigenvalue weighted by atomic mass is 10.0. The van der Waals surface area contributed by atoms with Crippen LogP contribution in [0.15, 0.2) is 85.1 Å². The van der Waals surface area contributed by atoms with Crippen LogP contribution in [0.5, 0.6) is 0 Å². The lowest BCUT2D eigenvalue weighted by Crippen LogP contribution is -2.29. The average Bonchev–Trinajstić information content (AvgIpc) is 3.45. The Labute approximate surface area is 494 Å². The summed E-state index contributed by atoms with van der Waals surface area (Å²) >= 11 is 0. The summed E-state index contributed by atoms with van der Waals surface area (Å²) < 4.78 is 33.1. The zero-order valence-electron chi connectivity index (χ0n) is 52.1. The monoisotopic (exact) mass is 1140 g/mol. The van der Waals surface area contributed by atoms with Gasteiger partial charge < -0.3 is 20.1 Å². The van der Waals surface area contributed by atoms with E-state index in [2.05, 4.69) is 98.9 Å². The molecule has 80 heavy (non-hydrogen) atoms. The van der Waals surface area contributed by atoms with Gasteiger partial charge in [0, 0.05) is 19.4 Å². The molecule has 0 heterocycles. The van der Waals surface area contributed by atoms with Crippen LogP contribution in [0.2, 0.25) is 0 Å². The van der Waals surface area contributed by atoms with Crippen LogP contribution in [0.3, 0.4) is 0 Å². The van der Waals surface area contributed by atoms with Gasteiger partial charge in [0.1, 0.15) is 6.61 Å². The number of phosphoric acid groups is 1. The molecule has 0 spiro atoms. The van der Waals surface area contributed by atoms with Gasteiger partial charge in [0.05, 0.1) is 13.2 Å². The lowest BCUT2D eigenvalue weighted by Gasteiger charge is -2.19. The summed E-state index contributed by atoms with van der Waals surface area (Å²) in [5, 5.41) is 0. The van der Waals surface area contributed by atoms with E-state index in [0.29, 0.717) is 6.42 Å². The van der Waals surface area contributed by atoms with E-state index in [1.54, 1.807) is 0 Å². The van der Waals surface area contributed by atoms with Crippen LogP contribution in [-0.2, 0) is 32.7 Å². The quantitative estimate of drug-likeness (QED) is 0.0264. The Morgan fingerprint density at radius 1 is 0.388 bits per heavy atom. The van der Waals surface area contributed by atoms with Crippen LogP contribution in [0, 0.1) is 0 Å². The first-order valence-electron chi connectivity index (χ1n) is 33.6. The maximum absolute atomic E-state index is 12.8. The molecule has 0 rings (SSSR count). The fourth-order valence-corrected chi connectivity index (χ4v) is 10.4. The first-order valence-corrected chi connectivity index (χ1v) is 35.1. The number of carbonyl (C=O) groups excluding carboxylic acids is 2. The summed E-state index contributed by atoms with van der Waals surface area (Å²) in [7, 11) is -4.39. The molecule has 2 atom stereocenters. The second-order valence-electron chi connectivity index (χ2n) is 22.3. The number of phosphoric ester groups is 1. The van der Waals surface area contributed by atoms with Crippen molar-refractivity contribution in [2.24, 2.45) is 5.73 Å². The van der Waals surface area contributed by atoms with Crippen LogP contribution >= 0.6 is 7.82 Å². The molecule has 9 nitrogen and oxygen atoms in total. The van der Waals surface area contributed by atoms with E-state index in [1.807, 2.05) is 0 Å². The normalized spacial score (nSPS) is 13.5. The summed E-state index contributed by atoms with van der Waals surface area (Å²) in [4.78, 5) is 35.3. The largest absolute Gasteiger partial charge is 0.472 e. The van der Waals surface area contributed by atoms with E-state index < -0.39 is 26.5 Å². The molecule has 0 radical (unpaired) electrons. The van der Waals surface area contributed by atoms with Crippen LogP contribution < -0.4 is 5.73 Å². The Kier molecular flexibility index (Phi) is 63.0. The summed E-state index contributed by atoms with van der Waals surface area (Å²) in [5.41, 5.74) is 5.40. The van der Waals surface area contributed by atoms with Gasteiger partial charge >= 0.3 is 19.8 Å². The first-order chi connectivity index (χ1) is 39.3. The number of rotatable bonds is 63. The highest BCUT2D eigenvalue weighted by atomic mass is 31.2. The fourth-order valence-electron chi connectivity index (χ4n) is 9.62. The number of esters is 2. The molecule has 2 unspecified atom stereocenters. The maximum Gasteiger partial charge on any atom is 0.472 e. The molecule has 0 aliphatic rings. The number of carbonyl (C=O) groups is 2. The topological polar surface area (TPSA) is 134 Å². The fraction of sp³-hybridized carbons (Fsp3) is 0.771. The van der Waals surface area contributed by atoms with E-state index in [4.69, 9.17) is 24.3 Å². The van der Waals surface area contributed by atoms with Crippen LogP contribution in [-0.4, -0.2) is 49.3 Å². The molecular formula is C70H126NO8P. The van der Waals surface area contributed by atoms with Crippen molar-refractivity contribution in [2.75, 3.05) is 26.4 Å². The Morgan fingerprint density at radius 2 is 0.688 bits per heavy atom. The average molecular weight is 1140 g/mol. The summed E-state index contributed by atoms with van der Waals surface area (Å²) in [6.45, 7) is 3.68. The van der Waals surface area contributed by atoms with Gasteiger partial charge in [-0.05, 0) is 70.6 Å². The van der Waals surface area contributed by atoms with E-state index >= 15 is 0 Å². The van der Waals surface area contributed by atoms with Crippen LogP contribution in [0.1, 0.15) is 316 Å². The van der Waals surface area contributed by atoms with Crippen molar-refractivity contribution in [1.82, 2.24) is 0 Å². The van der Waals surface area contributed by atoms with Crippen LogP contribution in [0.25, 0.3) is 0 Å². The number of nitrogens with two attached hydrogens (primary N) is 1. The third-order valence-electron chi connectivity index (χ3n) is 14.5. The summed E-state index contributed by atoms with van der Waals surface area (Å²) in [6.07, 6.45) is 86.6. The molecule has 3 N–H and O–H groups in total. The highest BCUT2D eigenvalue weighted by molar-refractivity contribution is 7.47. The molecule has 0 amide bonds. The number of ether oxygens (including phenoxy) is 2. The zero-order chi connectivity index (χ0) is 58.0. The second-order valence-corrected chi connectivity index (χ2v) is 23.8. The molecule has 10 heteroatoms. The number of allylic oxidation sites excluding steroid dienone is 14. The van der Waals surface area contributed by atoms with Crippen molar-refractivity contribution in [2.45, 2.75) is 322 Å². The number of hydrogen-bond acceptors (Lipinski definition) is 8. The van der Waals surface area contributed by atoms with Crippen molar-refractivity contribution in [3.8, 4) is 0 Å². The minimum atomic E-state index is -4.39. The van der Waals surface area contributed by atoms with E-state index in [9.17, 15) is 19.0 Å². The second kappa shape index (κ2) is 65.3. The van der Waals surface area contributed by atoms with Crippen molar-refractivity contribution in [3.05, 3.63) is 85.1 Å². The molecule has 0 saturated carbocycles. The molecule has 0 aromatic rings. The lowest BCUT2D eigenvalue weighted by molar-refractivity contribution is -0.161. The van der Waals surface area contributed by atoms with Crippen molar-refractivity contribution >= 4 is 19.8 Å². The Morgan fingerprint density at radius 3 is 1.02 bits per heavy atom. The van der Waals surface area contributed by atoms with E-state index in [1.165, 1.54) is 199 Å². The van der Waals surface area contributed by atoms with Gasteiger partial charge in [-0.1, -0.05) is 317 Å². The predicted octanol–water partition coefficient (Wildman–Crippen LogP) is 21.8. The summed E-state index contributed by atoms with van der Waals surface area (Å²) in [5.74, 6) is -0.814. The van der Waals surface area contributed by atoms with Gasteiger partial charge in [0.25, 0.3) is 0 Å². The zero-order valence-corrected chi connectivity index (χ0v) is 52.9. The molecular weight excluding hydrogens is 1010 g/mol. The highest BCUT2D eigenvalue weighted by Gasteiger charge is 2.26. The van der Waals surface area contributed by atoms with Crippen LogP contribution in [0.4, 0.5) is 0 Å². The third-order valence-corrected chi connectivity index (χ3v) is 15.5. The van der Waals surface area contributed by atoms with E-state index in [0.717, 1.165) is 83.5 Å². The van der Waals surface area contributed by atoms with E-state index in [-0.39, 0.29) is 38.6 Å². The first kappa shape index (κ1) is 77.2. The Hall–Kier alpha value is -2.81. The number of hydrogen-bond donors (Lipinski definition) is 2.